The first-order valence-electron chi connectivity index (χ1n) is 6.65. The minimum atomic E-state index is -0.302. The van der Waals surface area contributed by atoms with Crippen LogP contribution in [0.3, 0.4) is 0 Å². The second kappa shape index (κ2) is 7.30. The van der Waals surface area contributed by atoms with E-state index in [9.17, 15) is 9.65 Å². The average molecular weight is 285 g/mol. The zero-order valence-corrected chi connectivity index (χ0v) is 11.8. The van der Waals surface area contributed by atoms with Gasteiger partial charge < -0.3 is 9.47 Å². The molecule has 0 fully saturated rings. The number of methoxy groups -OCH3 is 1. The Balaban J connectivity index is 1.88. The molecule has 0 bridgehead atoms. The molecule has 21 heavy (non-hydrogen) atoms. The molecule has 0 aromatic heterocycles. The van der Waals surface area contributed by atoms with E-state index >= 15 is 0 Å². The van der Waals surface area contributed by atoms with Gasteiger partial charge in [-0.1, -0.05) is 12.1 Å². The summed E-state index contributed by atoms with van der Waals surface area (Å²) < 4.78 is 23.5. The van der Waals surface area contributed by atoms with Crippen molar-refractivity contribution < 1.29 is 13.9 Å². The first-order valence-corrected chi connectivity index (χ1v) is 6.65. The predicted molar refractivity (Wildman–Crippen MR) is 77.9 cm³/mol. The Bertz CT molecular complexity index is 602. The van der Waals surface area contributed by atoms with E-state index in [0.29, 0.717) is 13.0 Å². The lowest BCUT2D eigenvalue weighted by Gasteiger charge is -2.11. The Hall–Kier alpha value is -2.54. The molecule has 0 saturated heterocycles. The molecule has 0 heterocycles. The van der Waals surface area contributed by atoms with Crippen molar-refractivity contribution >= 4 is 0 Å². The van der Waals surface area contributed by atoms with Gasteiger partial charge in [0.15, 0.2) is 0 Å². The minimum absolute atomic E-state index is 0.301. The van der Waals surface area contributed by atoms with E-state index in [-0.39, 0.29) is 11.7 Å². The fraction of sp³-hybridized carbons (Fsp3) is 0.235. The van der Waals surface area contributed by atoms with Gasteiger partial charge in [-0.2, -0.15) is 5.26 Å². The highest BCUT2D eigenvalue weighted by Gasteiger charge is 2.10. The molecule has 0 aliphatic heterocycles. The number of rotatable bonds is 6. The second-order valence-corrected chi connectivity index (χ2v) is 4.55. The molecule has 1 unspecified atom stereocenters. The summed E-state index contributed by atoms with van der Waals surface area (Å²) in [6.45, 7) is 0.419. The van der Waals surface area contributed by atoms with E-state index in [0.717, 1.165) is 17.1 Å². The molecule has 0 aliphatic carbocycles. The maximum absolute atomic E-state index is 12.9. The fourth-order valence-corrected chi connectivity index (χ4v) is 1.97. The van der Waals surface area contributed by atoms with Crippen LogP contribution in [0.4, 0.5) is 4.39 Å². The number of nitrogens with zero attached hydrogens (tertiary/aromatic N) is 1. The average Bonchev–Trinajstić information content (AvgIpc) is 2.53. The summed E-state index contributed by atoms with van der Waals surface area (Å²) in [6.07, 6.45) is 0.550. The van der Waals surface area contributed by atoms with Crippen molar-refractivity contribution in [1.82, 2.24) is 0 Å². The van der Waals surface area contributed by atoms with Crippen LogP contribution >= 0.6 is 0 Å². The van der Waals surface area contributed by atoms with Crippen molar-refractivity contribution in [1.29, 1.82) is 5.26 Å². The molecular formula is C17H16FNO2. The van der Waals surface area contributed by atoms with E-state index in [1.807, 2.05) is 24.3 Å². The van der Waals surface area contributed by atoms with E-state index < -0.39 is 0 Å². The first-order chi connectivity index (χ1) is 10.2. The third kappa shape index (κ3) is 4.22. The molecule has 2 rings (SSSR count). The molecule has 0 radical (unpaired) electrons. The molecule has 0 N–H and O–H groups in total. The molecule has 0 aliphatic rings. The van der Waals surface area contributed by atoms with Crippen LogP contribution in [0.15, 0.2) is 48.5 Å². The number of hydrogen-bond acceptors (Lipinski definition) is 3. The summed E-state index contributed by atoms with van der Waals surface area (Å²) >= 11 is 0. The van der Waals surface area contributed by atoms with Gasteiger partial charge in [-0.15, -0.1) is 0 Å². The summed E-state index contributed by atoms with van der Waals surface area (Å²) in [7, 11) is 1.61. The van der Waals surface area contributed by atoms with Crippen LogP contribution in [-0.4, -0.2) is 13.7 Å². The number of hydrogen-bond donors (Lipinski definition) is 0. The molecule has 1 atom stereocenters. The van der Waals surface area contributed by atoms with E-state index in [2.05, 4.69) is 6.07 Å². The molecule has 108 valence electrons. The minimum Gasteiger partial charge on any atom is -0.497 e. The molecule has 0 amide bonds. The largest absolute Gasteiger partial charge is 0.497 e. The maximum Gasteiger partial charge on any atom is 0.123 e. The van der Waals surface area contributed by atoms with Gasteiger partial charge in [0.05, 0.1) is 25.7 Å². The van der Waals surface area contributed by atoms with Crippen molar-refractivity contribution in [2.24, 2.45) is 0 Å². The Morgan fingerprint density at radius 3 is 2.24 bits per heavy atom. The Kier molecular flexibility index (Phi) is 5.16. The smallest absolute Gasteiger partial charge is 0.123 e. The van der Waals surface area contributed by atoms with Crippen LogP contribution < -0.4 is 9.47 Å². The van der Waals surface area contributed by atoms with Crippen molar-refractivity contribution in [2.45, 2.75) is 12.3 Å². The third-order valence-electron chi connectivity index (χ3n) is 3.16. The van der Waals surface area contributed by atoms with Gasteiger partial charge in [0, 0.05) is 6.42 Å². The quantitative estimate of drug-likeness (QED) is 0.808. The molecule has 2 aromatic carbocycles. The Labute approximate surface area is 123 Å². The molecule has 0 saturated carbocycles. The van der Waals surface area contributed by atoms with Gasteiger partial charge in [-0.3, -0.25) is 0 Å². The van der Waals surface area contributed by atoms with Crippen LogP contribution in [0.25, 0.3) is 0 Å². The third-order valence-corrected chi connectivity index (χ3v) is 3.16. The Morgan fingerprint density at radius 2 is 1.67 bits per heavy atom. The molecule has 2 aromatic rings. The fourth-order valence-electron chi connectivity index (χ4n) is 1.97. The highest BCUT2D eigenvalue weighted by atomic mass is 19.1. The predicted octanol–water partition coefficient (Wildman–Crippen LogP) is 3.91. The van der Waals surface area contributed by atoms with Gasteiger partial charge in [-0.25, -0.2) is 4.39 Å². The van der Waals surface area contributed by atoms with Crippen molar-refractivity contribution in [3.8, 4) is 17.6 Å². The maximum atomic E-state index is 12.9. The highest BCUT2D eigenvalue weighted by Crippen LogP contribution is 2.21. The number of halogens is 1. The normalized spacial score (nSPS) is 11.5. The first kappa shape index (κ1) is 14.9. The monoisotopic (exact) mass is 285 g/mol. The van der Waals surface area contributed by atoms with Crippen LogP contribution in [0.2, 0.25) is 0 Å². The van der Waals surface area contributed by atoms with Gasteiger partial charge in [-0.05, 0) is 42.0 Å². The van der Waals surface area contributed by atoms with Crippen LogP contribution in [0.5, 0.6) is 11.5 Å². The molecule has 4 heteroatoms. The highest BCUT2D eigenvalue weighted by molar-refractivity contribution is 5.31. The zero-order valence-electron chi connectivity index (χ0n) is 11.8. The van der Waals surface area contributed by atoms with Gasteiger partial charge >= 0.3 is 0 Å². The van der Waals surface area contributed by atoms with E-state index in [4.69, 9.17) is 9.47 Å². The van der Waals surface area contributed by atoms with Crippen LogP contribution in [0, 0.1) is 17.1 Å². The lowest BCUT2D eigenvalue weighted by molar-refractivity contribution is 0.305. The SMILES string of the molecule is COc1ccc(OCCC(C#N)c2ccc(F)cc2)cc1. The van der Waals surface area contributed by atoms with Crippen molar-refractivity contribution in [2.75, 3.05) is 13.7 Å². The van der Waals surface area contributed by atoms with Gasteiger partial charge in [0.1, 0.15) is 17.3 Å². The number of benzene rings is 2. The van der Waals surface area contributed by atoms with E-state index in [1.54, 1.807) is 19.2 Å². The summed E-state index contributed by atoms with van der Waals surface area (Å²) in [6, 6.07) is 15.5. The van der Waals surface area contributed by atoms with Gasteiger partial charge in [0.2, 0.25) is 0 Å². The van der Waals surface area contributed by atoms with Crippen molar-refractivity contribution in [3.05, 3.63) is 59.9 Å². The molecule has 0 spiro atoms. The van der Waals surface area contributed by atoms with Crippen LogP contribution in [0.1, 0.15) is 17.9 Å². The Morgan fingerprint density at radius 1 is 1.05 bits per heavy atom. The lowest BCUT2D eigenvalue weighted by Crippen LogP contribution is -2.04. The standard InChI is InChI=1S/C17H16FNO2/c1-20-16-6-8-17(9-7-16)21-11-10-14(12-19)13-2-4-15(18)5-3-13/h2-9,14H,10-11H2,1H3. The summed E-state index contributed by atoms with van der Waals surface area (Å²) in [5.74, 6) is 0.893. The second-order valence-electron chi connectivity index (χ2n) is 4.55. The zero-order chi connectivity index (χ0) is 15.1. The number of ether oxygens (including phenoxy) is 2. The van der Waals surface area contributed by atoms with Crippen LogP contribution in [-0.2, 0) is 0 Å². The summed E-state index contributed by atoms with van der Waals surface area (Å²) in [4.78, 5) is 0. The lowest BCUT2D eigenvalue weighted by atomic mass is 9.98. The summed E-state index contributed by atoms with van der Waals surface area (Å²) in [5, 5.41) is 9.20. The van der Waals surface area contributed by atoms with Crippen molar-refractivity contribution in [3.63, 3.8) is 0 Å². The number of nitriles is 1. The molecular weight excluding hydrogens is 269 g/mol. The van der Waals surface area contributed by atoms with E-state index in [1.165, 1.54) is 12.1 Å². The summed E-state index contributed by atoms with van der Waals surface area (Å²) in [5.41, 5.74) is 0.803. The molecule has 3 nitrogen and oxygen atoms in total. The topological polar surface area (TPSA) is 42.2 Å². The van der Waals surface area contributed by atoms with Gasteiger partial charge in [0.25, 0.3) is 0 Å².